The van der Waals surface area contributed by atoms with E-state index < -0.39 is 29.5 Å². The first-order chi connectivity index (χ1) is 9.11. The summed E-state index contributed by atoms with van der Waals surface area (Å²) in [5.41, 5.74) is 4.05. The smallest absolute Gasteiger partial charge is 0.325 e. The van der Waals surface area contributed by atoms with Crippen LogP contribution in [0.25, 0.3) is 0 Å². The molecule has 1 aromatic carbocycles. The maximum absolute atomic E-state index is 13.1. The second-order valence-electron chi connectivity index (χ2n) is 4.92. The molecule has 0 saturated heterocycles. The van der Waals surface area contributed by atoms with Gasteiger partial charge < -0.3 is 11.1 Å². The van der Waals surface area contributed by atoms with E-state index in [1.54, 1.807) is 0 Å². The molecule has 0 spiro atoms. The molecule has 0 saturated carbocycles. The summed E-state index contributed by atoms with van der Waals surface area (Å²) < 4.78 is 50.6. The first kappa shape index (κ1) is 19.7. The molecule has 0 fully saturated rings. The number of carbonyl (C=O) groups is 1. The average molecular weight is 329 g/mol. The van der Waals surface area contributed by atoms with E-state index in [2.05, 4.69) is 5.32 Å². The van der Waals surface area contributed by atoms with Gasteiger partial charge in [0.15, 0.2) is 0 Å². The Balaban J connectivity index is 0.00000400. The molecular weight excluding hydrogens is 312 g/mol. The zero-order chi connectivity index (χ0) is 15.5. The number of nitrogens with one attached hydrogen (secondary N) is 1. The summed E-state index contributed by atoms with van der Waals surface area (Å²) in [6.45, 7) is 3.74. The Labute approximate surface area is 126 Å². The molecule has 1 rings (SSSR count). The van der Waals surface area contributed by atoms with Crippen molar-refractivity contribution in [3.8, 4) is 0 Å². The summed E-state index contributed by atoms with van der Waals surface area (Å²) >= 11 is 0. The fourth-order valence-electron chi connectivity index (χ4n) is 1.67. The summed E-state index contributed by atoms with van der Waals surface area (Å²) in [6.07, 6.45) is -4.41. The molecule has 120 valence electrons. The summed E-state index contributed by atoms with van der Waals surface area (Å²) in [7, 11) is 0. The minimum absolute atomic E-state index is 0. The molecular formula is C13H17ClF4N2O. The molecule has 0 aliphatic rings. The van der Waals surface area contributed by atoms with Crippen LogP contribution in [0.15, 0.2) is 18.2 Å². The van der Waals surface area contributed by atoms with Crippen molar-refractivity contribution in [1.29, 1.82) is 0 Å². The van der Waals surface area contributed by atoms with Crippen LogP contribution in [-0.2, 0) is 11.0 Å². The third-order valence-corrected chi connectivity index (χ3v) is 2.60. The lowest BCUT2D eigenvalue weighted by Crippen LogP contribution is -2.36. The van der Waals surface area contributed by atoms with E-state index in [0.717, 1.165) is 6.07 Å². The summed E-state index contributed by atoms with van der Waals surface area (Å²) in [5, 5.41) is 2.26. The number of alkyl halides is 3. The SMILES string of the molecule is CC(C)C[C@H](N)C(=O)Nc1ccc(F)c(C(F)(F)F)c1.Cl. The van der Waals surface area contributed by atoms with Crippen LogP contribution in [0, 0.1) is 11.7 Å². The maximum atomic E-state index is 13.1. The second-order valence-corrected chi connectivity index (χ2v) is 4.92. The van der Waals surface area contributed by atoms with Gasteiger partial charge in [0.2, 0.25) is 5.91 Å². The summed E-state index contributed by atoms with van der Waals surface area (Å²) in [4.78, 5) is 11.7. The zero-order valence-corrected chi connectivity index (χ0v) is 12.3. The molecule has 0 aromatic heterocycles. The van der Waals surface area contributed by atoms with Gasteiger partial charge in [-0.1, -0.05) is 13.8 Å². The van der Waals surface area contributed by atoms with Crippen LogP contribution in [0.1, 0.15) is 25.8 Å². The first-order valence-corrected chi connectivity index (χ1v) is 6.04. The Bertz CT molecular complexity index is 492. The van der Waals surface area contributed by atoms with Crippen molar-refractivity contribution in [2.75, 3.05) is 5.32 Å². The largest absolute Gasteiger partial charge is 0.419 e. The van der Waals surface area contributed by atoms with Gasteiger partial charge >= 0.3 is 6.18 Å². The highest BCUT2D eigenvalue weighted by atomic mass is 35.5. The fourth-order valence-corrected chi connectivity index (χ4v) is 1.67. The molecule has 1 aromatic rings. The molecule has 1 amide bonds. The van der Waals surface area contributed by atoms with Gasteiger partial charge in [-0.05, 0) is 30.5 Å². The van der Waals surface area contributed by atoms with Gasteiger partial charge in [-0.15, -0.1) is 12.4 Å². The number of hydrogen-bond donors (Lipinski definition) is 2. The maximum Gasteiger partial charge on any atom is 0.419 e. The van der Waals surface area contributed by atoms with Crippen LogP contribution in [0.4, 0.5) is 23.2 Å². The van der Waals surface area contributed by atoms with E-state index in [-0.39, 0.29) is 24.0 Å². The number of anilines is 1. The molecule has 0 aliphatic carbocycles. The second kappa shape index (κ2) is 7.61. The van der Waals surface area contributed by atoms with E-state index in [1.165, 1.54) is 0 Å². The Kier molecular flexibility index (Phi) is 7.12. The molecule has 1 atom stereocenters. The topological polar surface area (TPSA) is 55.1 Å². The number of halogens is 5. The van der Waals surface area contributed by atoms with Crippen molar-refractivity contribution in [1.82, 2.24) is 0 Å². The number of nitrogens with two attached hydrogens (primary N) is 1. The van der Waals surface area contributed by atoms with Crippen molar-refractivity contribution < 1.29 is 22.4 Å². The van der Waals surface area contributed by atoms with Crippen molar-refractivity contribution in [3.63, 3.8) is 0 Å². The average Bonchev–Trinajstić information content (AvgIpc) is 2.29. The van der Waals surface area contributed by atoms with Gasteiger partial charge in [0.1, 0.15) is 5.82 Å². The van der Waals surface area contributed by atoms with Gasteiger partial charge in [-0.2, -0.15) is 13.2 Å². The van der Waals surface area contributed by atoms with Crippen molar-refractivity contribution in [3.05, 3.63) is 29.6 Å². The predicted molar refractivity (Wildman–Crippen MR) is 74.7 cm³/mol. The van der Waals surface area contributed by atoms with Crippen LogP contribution in [0.2, 0.25) is 0 Å². The lowest BCUT2D eigenvalue weighted by atomic mass is 10.0. The van der Waals surface area contributed by atoms with Gasteiger partial charge in [-0.25, -0.2) is 4.39 Å². The molecule has 0 radical (unpaired) electrons. The van der Waals surface area contributed by atoms with Gasteiger partial charge in [0.05, 0.1) is 11.6 Å². The summed E-state index contributed by atoms with van der Waals surface area (Å²) in [6, 6.07) is 1.45. The minimum atomic E-state index is -4.81. The van der Waals surface area contributed by atoms with E-state index in [4.69, 9.17) is 5.73 Å². The molecule has 0 unspecified atom stereocenters. The third-order valence-electron chi connectivity index (χ3n) is 2.60. The normalized spacial score (nSPS) is 12.8. The van der Waals surface area contributed by atoms with Crippen molar-refractivity contribution >= 4 is 24.0 Å². The first-order valence-electron chi connectivity index (χ1n) is 6.04. The zero-order valence-electron chi connectivity index (χ0n) is 11.5. The van der Waals surface area contributed by atoms with Crippen LogP contribution in [0.5, 0.6) is 0 Å². The molecule has 8 heteroatoms. The van der Waals surface area contributed by atoms with E-state index >= 15 is 0 Å². The number of carbonyl (C=O) groups excluding carboxylic acids is 1. The molecule has 3 N–H and O–H groups in total. The Morgan fingerprint density at radius 2 is 1.90 bits per heavy atom. The Morgan fingerprint density at radius 1 is 1.33 bits per heavy atom. The van der Waals surface area contributed by atoms with E-state index in [1.807, 2.05) is 13.8 Å². The van der Waals surface area contributed by atoms with Crippen molar-refractivity contribution in [2.24, 2.45) is 11.7 Å². The molecule has 0 heterocycles. The Morgan fingerprint density at radius 3 is 2.38 bits per heavy atom. The van der Waals surface area contributed by atoms with Gasteiger partial charge in [0, 0.05) is 5.69 Å². The molecule has 0 aliphatic heterocycles. The van der Waals surface area contributed by atoms with Crippen LogP contribution >= 0.6 is 12.4 Å². The third kappa shape index (κ3) is 5.89. The molecule has 3 nitrogen and oxygen atoms in total. The lowest BCUT2D eigenvalue weighted by molar-refractivity contribution is -0.140. The standard InChI is InChI=1S/C13H16F4N2O.ClH/c1-7(2)5-11(18)12(20)19-8-3-4-10(14)9(6-8)13(15,16)17;/h3-4,6-7,11H,5,18H2,1-2H3,(H,19,20);1H/t11-;/m0./s1. The number of benzene rings is 1. The highest BCUT2D eigenvalue weighted by Crippen LogP contribution is 2.33. The predicted octanol–water partition coefficient (Wildman–Crippen LogP) is 3.58. The fraction of sp³-hybridized carbons (Fsp3) is 0.462. The Hall–Kier alpha value is -1.34. The van der Waals surface area contributed by atoms with Gasteiger partial charge in [0.25, 0.3) is 0 Å². The van der Waals surface area contributed by atoms with Crippen LogP contribution < -0.4 is 11.1 Å². The lowest BCUT2D eigenvalue weighted by Gasteiger charge is -2.15. The number of rotatable bonds is 4. The van der Waals surface area contributed by atoms with Gasteiger partial charge in [-0.3, -0.25) is 4.79 Å². The van der Waals surface area contributed by atoms with Crippen LogP contribution in [0.3, 0.4) is 0 Å². The quantitative estimate of drug-likeness (QED) is 0.830. The monoisotopic (exact) mass is 328 g/mol. The minimum Gasteiger partial charge on any atom is -0.325 e. The van der Waals surface area contributed by atoms with E-state index in [9.17, 15) is 22.4 Å². The summed E-state index contributed by atoms with van der Waals surface area (Å²) in [5.74, 6) is -1.81. The molecule has 0 bridgehead atoms. The van der Waals surface area contributed by atoms with E-state index in [0.29, 0.717) is 18.6 Å². The number of amides is 1. The highest BCUT2D eigenvalue weighted by Gasteiger charge is 2.34. The van der Waals surface area contributed by atoms with Crippen molar-refractivity contribution in [2.45, 2.75) is 32.5 Å². The van der Waals surface area contributed by atoms with Crippen LogP contribution in [-0.4, -0.2) is 11.9 Å². The molecule has 21 heavy (non-hydrogen) atoms. The number of hydrogen-bond acceptors (Lipinski definition) is 2. The highest BCUT2D eigenvalue weighted by molar-refractivity contribution is 5.94.